The molecule has 80 valence electrons. The van der Waals surface area contributed by atoms with E-state index in [4.69, 9.17) is 22.3 Å². The van der Waals surface area contributed by atoms with Gasteiger partial charge in [0.2, 0.25) is 0 Å². The van der Waals surface area contributed by atoms with Crippen molar-refractivity contribution in [3.63, 3.8) is 0 Å². The zero-order valence-electron chi connectivity index (χ0n) is 8.57. The molecular formula is C10H15N5. The van der Waals surface area contributed by atoms with Gasteiger partial charge in [0.15, 0.2) is 11.9 Å². The second-order valence-corrected chi connectivity index (χ2v) is 3.23. The van der Waals surface area contributed by atoms with Crippen molar-refractivity contribution in [1.82, 2.24) is 4.90 Å². The lowest BCUT2D eigenvalue weighted by Crippen LogP contribution is -2.46. The van der Waals surface area contributed by atoms with E-state index in [0.29, 0.717) is 0 Å². The molecule has 0 saturated heterocycles. The van der Waals surface area contributed by atoms with Crippen molar-refractivity contribution in [2.45, 2.75) is 13.0 Å². The first kappa shape index (κ1) is 11.0. The quantitative estimate of drug-likeness (QED) is 0.425. The molecule has 0 aliphatic carbocycles. The Morgan fingerprint density at radius 1 is 1.13 bits per heavy atom. The van der Waals surface area contributed by atoms with Gasteiger partial charge in [0.05, 0.1) is 6.04 Å². The van der Waals surface area contributed by atoms with Crippen LogP contribution in [0.25, 0.3) is 0 Å². The molecule has 15 heavy (non-hydrogen) atoms. The van der Waals surface area contributed by atoms with Crippen LogP contribution in [-0.2, 0) is 0 Å². The van der Waals surface area contributed by atoms with Gasteiger partial charge >= 0.3 is 0 Å². The average molecular weight is 205 g/mol. The summed E-state index contributed by atoms with van der Waals surface area (Å²) in [6, 6.07) is 9.30. The maximum atomic E-state index is 7.34. The van der Waals surface area contributed by atoms with Crippen molar-refractivity contribution in [1.29, 1.82) is 10.8 Å². The van der Waals surface area contributed by atoms with Crippen LogP contribution in [0, 0.1) is 10.8 Å². The second-order valence-electron chi connectivity index (χ2n) is 3.23. The highest BCUT2D eigenvalue weighted by atomic mass is 15.3. The number of guanidine groups is 2. The molecule has 0 fully saturated rings. The van der Waals surface area contributed by atoms with E-state index >= 15 is 0 Å². The maximum absolute atomic E-state index is 7.34. The number of nitrogens with one attached hydrogen (secondary N) is 2. The van der Waals surface area contributed by atoms with Crippen LogP contribution in [0.4, 0.5) is 0 Å². The Labute approximate surface area is 88.7 Å². The van der Waals surface area contributed by atoms with Crippen molar-refractivity contribution in [2.75, 3.05) is 0 Å². The van der Waals surface area contributed by atoms with Crippen molar-refractivity contribution < 1.29 is 0 Å². The van der Waals surface area contributed by atoms with Crippen molar-refractivity contribution in [2.24, 2.45) is 11.5 Å². The Bertz CT molecular complexity index is 345. The van der Waals surface area contributed by atoms with Crippen molar-refractivity contribution >= 4 is 11.9 Å². The highest BCUT2D eigenvalue weighted by molar-refractivity contribution is 5.94. The SMILES string of the molecule is CC(c1ccccc1)N(C(=N)N)C(=N)N. The summed E-state index contributed by atoms with van der Waals surface area (Å²) >= 11 is 0. The van der Waals surface area contributed by atoms with Gasteiger partial charge in [-0.15, -0.1) is 0 Å². The zero-order valence-corrected chi connectivity index (χ0v) is 8.57. The molecule has 0 saturated carbocycles. The molecule has 0 aliphatic rings. The molecular weight excluding hydrogens is 190 g/mol. The predicted octanol–water partition coefficient (Wildman–Crippen LogP) is 0.837. The first-order valence-electron chi connectivity index (χ1n) is 4.56. The summed E-state index contributed by atoms with van der Waals surface area (Å²) in [4.78, 5) is 1.26. The summed E-state index contributed by atoms with van der Waals surface area (Å²) in [7, 11) is 0. The molecule has 0 amide bonds. The monoisotopic (exact) mass is 205 g/mol. The number of benzene rings is 1. The van der Waals surface area contributed by atoms with E-state index in [1.165, 1.54) is 4.90 Å². The van der Waals surface area contributed by atoms with Crippen LogP contribution in [0.15, 0.2) is 30.3 Å². The zero-order chi connectivity index (χ0) is 11.4. The summed E-state index contributed by atoms with van der Waals surface area (Å²) in [5, 5.41) is 14.7. The second kappa shape index (κ2) is 4.45. The van der Waals surface area contributed by atoms with E-state index in [1.807, 2.05) is 37.3 Å². The van der Waals surface area contributed by atoms with Gasteiger partial charge in [0, 0.05) is 0 Å². The Morgan fingerprint density at radius 3 is 2.00 bits per heavy atom. The molecule has 1 rings (SSSR count). The molecule has 0 spiro atoms. The number of hydrogen-bond donors (Lipinski definition) is 4. The minimum atomic E-state index is -0.223. The van der Waals surface area contributed by atoms with Gasteiger partial charge in [-0.25, -0.2) is 0 Å². The van der Waals surface area contributed by atoms with Crippen LogP contribution < -0.4 is 11.5 Å². The fourth-order valence-corrected chi connectivity index (χ4v) is 1.43. The molecule has 0 aromatic heterocycles. The first-order valence-corrected chi connectivity index (χ1v) is 4.56. The summed E-state index contributed by atoms with van der Waals surface area (Å²) in [6.07, 6.45) is 0. The van der Waals surface area contributed by atoms with E-state index in [0.717, 1.165) is 5.56 Å². The lowest BCUT2D eigenvalue weighted by atomic mass is 10.1. The highest BCUT2D eigenvalue weighted by Crippen LogP contribution is 2.18. The third-order valence-electron chi connectivity index (χ3n) is 2.19. The van der Waals surface area contributed by atoms with Crippen LogP contribution in [0.3, 0.4) is 0 Å². The molecule has 1 aromatic carbocycles. The molecule has 6 N–H and O–H groups in total. The first-order chi connectivity index (χ1) is 7.04. The van der Waals surface area contributed by atoms with Gasteiger partial charge in [0.25, 0.3) is 0 Å². The molecule has 0 aliphatic heterocycles. The summed E-state index contributed by atoms with van der Waals surface area (Å²) in [5.41, 5.74) is 11.7. The lowest BCUT2D eigenvalue weighted by Gasteiger charge is -2.27. The van der Waals surface area contributed by atoms with Gasteiger partial charge in [-0.2, -0.15) is 0 Å². The number of hydrogen-bond acceptors (Lipinski definition) is 2. The Balaban J connectivity index is 2.96. The molecule has 0 bridgehead atoms. The molecule has 1 unspecified atom stereocenters. The predicted molar refractivity (Wildman–Crippen MR) is 60.5 cm³/mol. The van der Waals surface area contributed by atoms with Crippen molar-refractivity contribution in [3.8, 4) is 0 Å². The van der Waals surface area contributed by atoms with E-state index in [2.05, 4.69) is 0 Å². The number of nitrogens with zero attached hydrogens (tertiary/aromatic N) is 1. The largest absolute Gasteiger partial charge is 0.370 e. The molecule has 5 heteroatoms. The third-order valence-corrected chi connectivity index (χ3v) is 2.19. The van der Waals surface area contributed by atoms with Gasteiger partial charge in [-0.1, -0.05) is 30.3 Å². The topological polar surface area (TPSA) is 103 Å². The minimum Gasteiger partial charge on any atom is -0.370 e. The van der Waals surface area contributed by atoms with Gasteiger partial charge in [-0.3, -0.25) is 15.7 Å². The molecule has 1 aromatic rings. The molecule has 1 atom stereocenters. The normalized spacial score (nSPS) is 11.8. The van der Waals surface area contributed by atoms with Crippen LogP contribution in [0.1, 0.15) is 18.5 Å². The number of nitrogens with two attached hydrogens (primary N) is 2. The summed E-state index contributed by atoms with van der Waals surface area (Å²) in [5.74, 6) is -0.447. The smallest absolute Gasteiger partial charge is 0.195 e. The van der Waals surface area contributed by atoms with E-state index in [1.54, 1.807) is 0 Å². The fraction of sp³-hybridized carbons (Fsp3) is 0.200. The summed E-state index contributed by atoms with van der Waals surface area (Å²) < 4.78 is 0. The highest BCUT2D eigenvalue weighted by Gasteiger charge is 2.19. The Kier molecular flexibility index (Phi) is 3.28. The van der Waals surface area contributed by atoms with E-state index in [9.17, 15) is 0 Å². The Hall–Kier alpha value is -2.04. The number of rotatable bonds is 2. The van der Waals surface area contributed by atoms with Crippen LogP contribution >= 0.6 is 0 Å². The molecule has 0 radical (unpaired) electrons. The van der Waals surface area contributed by atoms with Crippen LogP contribution in [-0.4, -0.2) is 16.8 Å². The fourth-order valence-electron chi connectivity index (χ4n) is 1.43. The Morgan fingerprint density at radius 2 is 1.60 bits per heavy atom. The lowest BCUT2D eigenvalue weighted by molar-refractivity contribution is 0.469. The third kappa shape index (κ3) is 2.46. The van der Waals surface area contributed by atoms with Crippen molar-refractivity contribution in [3.05, 3.63) is 35.9 Å². The van der Waals surface area contributed by atoms with Gasteiger partial charge < -0.3 is 11.5 Å². The van der Waals surface area contributed by atoms with E-state index in [-0.39, 0.29) is 18.0 Å². The standard InChI is InChI=1S/C10H15N5/c1-7(8-5-3-2-4-6-8)15(9(11)12)10(13)14/h2-7H,1H3,(H3,11,12)(H3,13,14). The average Bonchev–Trinajstić information content (AvgIpc) is 2.18. The molecule has 0 heterocycles. The van der Waals surface area contributed by atoms with Gasteiger partial charge in [-0.05, 0) is 12.5 Å². The van der Waals surface area contributed by atoms with E-state index < -0.39 is 0 Å². The minimum absolute atomic E-state index is 0.207. The van der Waals surface area contributed by atoms with Gasteiger partial charge in [0.1, 0.15) is 0 Å². The maximum Gasteiger partial charge on any atom is 0.195 e. The molecule has 5 nitrogen and oxygen atoms in total. The summed E-state index contributed by atoms with van der Waals surface area (Å²) in [6.45, 7) is 1.85. The van der Waals surface area contributed by atoms with Crippen LogP contribution in [0.5, 0.6) is 0 Å². The van der Waals surface area contributed by atoms with Crippen LogP contribution in [0.2, 0.25) is 0 Å².